The number of aromatic nitrogens is 1. The molecular weight excluding hydrogens is 262 g/mol. The summed E-state index contributed by atoms with van der Waals surface area (Å²) in [7, 11) is 0. The topological polar surface area (TPSA) is 42.4 Å². The summed E-state index contributed by atoms with van der Waals surface area (Å²) >= 11 is 0. The van der Waals surface area contributed by atoms with Crippen LogP contribution in [0.2, 0.25) is 0 Å². The van der Waals surface area contributed by atoms with Crippen molar-refractivity contribution in [3.8, 4) is 11.6 Å². The van der Waals surface area contributed by atoms with Crippen LogP contribution in [-0.2, 0) is 5.41 Å². The minimum Gasteiger partial charge on any atom is -0.439 e. The van der Waals surface area contributed by atoms with Crippen LogP contribution in [-0.4, -0.2) is 10.1 Å². The Hall–Kier alpha value is -1.87. The Morgan fingerprint density at radius 1 is 1.14 bits per heavy atom. The maximum absolute atomic E-state index is 9.50. The molecule has 0 aliphatic carbocycles. The molecule has 0 aliphatic rings. The maximum atomic E-state index is 9.50. The highest BCUT2D eigenvalue weighted by atomic mass is 16.5. The monoisotopic (exact) mass is 285 g/mol. The van der Waals surface area contributed by atoms with Crippen molar-refractivity contribution in [1.82, 2.24) is 4.98 Å². The molecule has 1 aromatic heterocycles. The van der Waals surface area contributed by atoms with E-state index in [2.05, 4.69) is 38.7 Å². The molecule has 0 radical (unpaired) electrons. The summed E-state index contributed by atoms with van der Waals surface area (Å²) in [6, 6.07) is 9.79. The van der Waals surface area contributed by atoms with Crippen LogP contribution < -0.4 is 4.74 Å². The van der Waals surface area contributed by atoms with Gasteiger partial charge in [0.2, 0.25) is 5.88 Å². The number of aliphatic hydroxyl groups is 1. The third-order valence-corrected chi connectivity index (χ3v) is 3.40. The van der Waals surface area contributed by atoms with E-state index in [9.17, 15) is 5.11 Å². The van der Waals surface area contributed by atoms with Crippen molar-refractivity contribution in [1.29, 1.82) is 0 Å². The van der Waals surface area contributed by atoms with Crippen molar-refractivity contribution in [2.24, 2.45) is 0 Å². The molecule has 1 unspecified atom stereocenters. The molecule has 0 spiro atoms. The van der Waals surface area contributed by atoms with Gasteiger partial charge in [-0.3, -0.25) is 0 Å². The van der Waals surface area contributed by atoms with Crippen LogP contribution in [0.25, 0.3) is 0 Å². The van der Waals surface area contributed by atoms with Crippen molar-refractivity contribution in [3.63, 3.8) is 0 Å². The first-order chi connectivity index (χ1) is 9.77. The molecule has 0 bridgehead atoms. The Morgan fingerprint density at radius 3 is 2.38 bits per heavy atom. The molecule has 3 heteroatoms. The minimum absolute atomic E-state index is 0.000899. The van der Waals surface area contributed by atoms with Gasteiger partial charge in [0.1, 0.15) is 5.75 Å². The molecule has 2 rings (SSSR count). The second kappa shape index (κ2) is 5.86. The molecule has 3 nitrogen and oxygen atoms in total. The third kappa shape index (κ3) is 3.82. The minimum atomic E-state index is -0.518. The lowest BCUT2D eigenvalue weighted by molar-refractivity contribution is 0.198. The molecule has 0 fully saturated rings. The molecule has 21 heavy (non-hydrogen) atoms. The molecule has 0 saturated heterocycles. The average Bonchev–Trinajstić information content (AvgIpc) is 2.40. The summed E-state index contributed by atoms with van der Waals surface area (Å²) in [6.45, 7) is 10.3. The number of aryl methyl sites for hydroxylation is 1. The van der Waals surface area contributed by atoms with Crippen molar-refractivity contribution >= 4 is 0 Å². The van der Waals surface area contributed by atoms with Crippen molar-refractivity contribution < 1.29 is 9.84 Å². The van der Waals surface area contributed by atoms with Gasteiger partial charge in [0.25, 0.3) is 0 Å². The molecule has 2 aromatic rings. The lowest BCUT2D eigenvalue weighted by Crippen LogP contribution is -2.13. The van der Waals surface area contributed by atoms with Gasteiger partial charge in [0, 0.05) is 17.8 Å². The normalized spacial score (nSPS) is 13.0. The highest BCUT2D eigenvalue weighted by molar-refractivity contribution is 5.43. The summed E-state index contributed by atoms with van der Waals surface area (Å²) in [5.74, 6) is 1.36. The van der Waals surface area contributed by atoms with E-state index >= 15 is 0 Å². The highest BCUT2D eigenvalue weighted by Gasteiger charge is 2.19. The smallest absolute Gasteiger partial charge is 0.219 e. The fraction of sp³-hybridized carbons (Fsp3) is 0.389. The molecule has 0 saturated carbocycles. The van der Waals surface area contributed by atoms with E-state index in [1.165, 1.54) is 5.56 Å². The fourth-order valence-electron chi connectivity index (χ4n) is 2.13. The number of aliphatic hydroxyl groups excluding tert-OH is 1. The van der Waals surface area contributed by atoms with Crippen LogP contribution in [0.5, 0.6) is 11.6 Å². The molecule has 1 heterocycles. The van der Waals surface area contributed by atoms with Crippen molar-refractivity contribution in [2.75, 3.05) is 0 Å². The first-order valence-corrected chi connectivity index (χ1v) is 7.20. The zero-order valence-corrected chi connectivity index (χ0v) is 13.3. The first-order valence-electron chi connectivity index (χ1n) is 7.20. The molecule has 112 valence electrons. The van der Waals surface area contributed by atoms with E-state index in [1.54, 1.807) is 19.2 Å². The number of benzene rings is 1. The van der Waals surface area contributed by atoms with E-state index in [0.29, 0.717) is 5.88 Å². The Balaban J connectivity index is 2.31. The Labute approximate surface area is 126 Å². The van der Waals surface area contributed by atoms with E-state index in [0.717, 1.165) is 16.9 Å². The van der Waals surface area contributed by atoms with Crippen LogP contribution in [0, 0.1) is 6.92 Å². The van der Waals surface area contributed by atoms with Crippen LogP contribution in [0.1, 0.15) is 50.5 Å². The van der Waals surface area contributed by atoms with Gasteiger partial charge in [0.15, 0.2) is 0 Å². The predicted molar refractivity (Wildman–Crippen MR) is 84.8 cm³/mol. The highest BCUT2D eigenvalue weighted by Crippen LogP contribution is 2.34. The van der Waals surface area contributed by atoms with Crippen LogP contribution >= 0.6 is 0 Å². The van der Waals surface area contributed by atoms with Gasteiger partial charge in [0.05, 0.1) is 6.10 Å². The lowest BCUT2D eigenvalue weighted by atomic mass is 9.85. The molecule has 1 aromatic carbocycles. The van der Waals surface area contributed by atoms with Gasteiger partial charge < -0.3 is 9.84 Å². The number of hydrogen-bond donors (Lipinski definition) is 1. The SMILES string of the molecule is Cc1ccc(Oc2ccc(C(C)O)cn2)c(C(C)(C)C)c1. The van der Waals surface area contributed by atoms with Crippen molar-refractivity contribution in [3.05, 3.63) is 53.2 Å². The summed E-state index contributed by atoms with van der Waals surface area (Å²) in [5, 5.41) is 9.50. The van der Waals surface area contributed by atoms with Gasteiger partial charge in [-0.1, -0.05) is 38.5 Å². The first kappa shape index (κ1) is 15.5. The average molecular weight is 285 g/mol. The Bertz CT molecular complexity index is 610. The third-order valence-electron chi connectivity index (χ3n) is 3.40. The van der Waals surface area contributed by atoms with Gasteiger partial charge in [-0.2, -0.15) is 0 Å². The largest absolute Gasteiger partial charge is 0.439 e. The summed E-state index contributed by atoms with van der Waals surface area (Å²) in [4.78, 5) is 4.26. The summed E-state index contributed by atoms with van der Waals surface area (Å²) < 4.78 is 5.93. The fourth-order valence-corrected chi connectivity index (χ4v) is 2.13. The summed E-state index contributed by atoms with van der Waals surface area (Å²) in [5.41, 5.74) is 3.15. The Morgan fingerprint density at radius 2 is 1.86 bits per heavy atom. The Kier molecular flexibility index (Phi) is 4.33. The van der Waals surface area contributed by atoms with Crippen LogP contribution in [0.15, 0.2) is 36.5 Å². The van der Waals surface area contributed by atoms with Gasteiger partial charge in [-0.15, -0.1) is 0 Å². The number of ether oxygens (including phenoxy) is 1. The molecule has 0 amide bonds. The molecule has 0 aliphatic heterocycles. The number of hydrogen-bond acceptors (Lipinski definition) is 3. The van der Waals surface area contributed by atoms with Gasteiger partial charge >= 0.3 is 0 Å². The quantitative estimate of drug-likeness (QED) is 0.900. The second-order valence-corrected chi connectivity index (χ2v) is 6.46. The van der Waals surface area contributed by atoms with Gasteiger partial charge in [-0.25, -0.2) is 4.98 Å². The molecule has 1 atom stereocenters. The number of rotatable bonds is 3. The van der Waals surface area contributed by atoms with E-state index in [-0.39, 0.29) is 5.41 Å². The number of pyridine rings is 1. The zero-order chi connectivity index (χ0) is 15.6. The summed E-state index contributed by atoms with van der Waals surface area (Å²) in [6.07, 6.45) is 1.13. The molecule has 1 N–H and O–H groups in total. The standard InChI is InChI=1S/C18H23NO2/c1-12-6-8-16(15(10-12)18(3,4)5)21-17-9-7-14(11-19-17)13(2)20/h6-11,13,20H,1-5H3. The van der Waals surface area contributed by atoms with Crippen LogP contribution in [0.4, 0.5) is 0 Å². The number of nitrogens with zero attached hydrogens (tertiary/aromatic N) is 1. The second-order valence-electron chi connectivity index (χ2n) is 6.46. The van der Waals surface area contributed by atoms with Crippen molar-refractivity contribution in [2.45, 2.75) is 46.1 Å². The van der Waals surface area contributed by atoms with E-state index in [4.69, 9.17) is 4.74 Å². The maximum Gasteiger partial charge on any atom is 0.219 e. The molecular formula is C18H23NO2. The van der Waals surface area contributed by atoms with E-state index < -0.39 is 6.10 Å². The van der Waals surface area contributed by atoms with Gasteiger partial charge in [-0.05, 0) is 37.0 Å². The van der Waals surface area contributed by atoms with Crippen LogP contribution in [0.3, 0.4) is 0 Å². The predicted octanol–water partition coefficient (Wildman–Crippen LogP) is 4.53. The lowest BCUT2D eigenvalue weighted by Gasteiger charge is -2.23. The zero-order valence-electron chi connectivity index (χ0n) is 13.3. The van der Waals surface area contributed by atoms with E-state index in [1.807, 2.05) is 18.2 Å².